The van der Waals surface area contributed by atoms with Crippen LogP contribution in [0.15, 0.2) is 24.3 Å². The van der Waals surface area contributed by atoms with E-state index < -0.39 is 0 Å². The number of benzene rings is 1. The van der Waals surface area contributed by atoms with Crippen LogP contribution >= 0.6 is 12.4 Å². The van der Waals surface area contributed by atoms with Crippen molar-refractivity contribution in [3.05, 3.63) is 35.4 Å². The van der Waals surface area contributed by atoms with E-state index in [0.29, 0.717) is 13.1 Å². The predicted molar refractivity (Wildman–Crippen MR) is 70.8 cm³/mol. The van der Waals surface area contributed by atoms with Gasteiger partial charge in [-0.3, -0.25) is 4.79 Å². The quantitative estimate of drug-likeness (QED) is 0.877. The van der Waals surface area contributed by atoms with E-state index in [1.54, 1.807) is 0 Å². The lowest BCUT2D eigenvalue weighted by Gasteiger charge is -2.22. The van der Waals surface area contributed by atoms with Gasteiger partial charge in [0, 0.05) is 13.1 Å². The lowest BCUT2D eigenvalue weighted by Crippen LogP contribution is -2.44. The highest BCUT2D eigenvalue weighted by Crippen LogP contribution is 2.23. The Bertz CT molecular complexity index is 381. The van der Waals surface area contributed by atoms with Gasteiger partial charge < -0.3 is 10.6 Å². The van der Waals surface area contributed by atoms with Crippen molar-refractivity contribution in [2.45, 2.75) is 33.0 Å². The molecule has 0 bridgehead atoms. The van der Waals surface area contributed by atoms with Gasteiger partial charge in [0.05, 0.1) is 6.04 Å². The molecule has 1 atom stereocenters. The molecule has 2 N–H and O–H groups in total. The third-order valence-electron chi connectivity index (χ3n) is 3.16. The maximum Gasteiger partial charge on any atom is 0.240 e. The Kier molecular flexibility index (Phi) is 4.54. The highest BCUT2D eigenvalue weighted by atomic mass is 35.5. The molecular formula is C13H19ClN2O. The zero-order valence-corrected chi connectivity index (χ0v) is 11.0. The van der Waals surface area contributed by atoms with Crippen LogP contribution in [-0.4, -0.2) is 16.8 Å². The molecule has 1 aromatic rings. The lowest BCUT2D eigenvalue weighted by atomic mass is 10.0. The molecule has 0 spiro atoms. The Morgan fingerprint density at radius 1 is 1.24 bits per heavy atom. The minimum Gasteiger partial charge on any atom is -0.333 e. The molecule has 1 amide bonds. The van der Waals surface area contributed by atoms with Crippen molar-refractivity contribution in [2.75, 3.05) is 0 Å². The minimum absolute atomic E-state index is 0. The number of carbonyl (C=O) groups excluding carboxylic acids is 1. The first-order chi connectivity index (χ1) is 7.59. The van der Waals surface area contributed by atoms with Crippen LogP contribution in [0.4, 0.5) is 0 Å². The van der Waals surface area contributed by atoms with Crippen molar-refractivity contribution in [2.24, 2.45) is 11.7 Å². The first-order valence-corrected chi connectivity index (χ1v) is 5.70. The average Bonchev–Trinajstić information content (AvgIpc) is 2.70. The number of nitrogens with zero attached hydrogens (tertiary/aromatic N) is 1. The smallest absolute Gasteiger partial charge is 0.240 e. The molecule has 1 aromatic carbocycles. The fourth-order valence-electron chi connectivity index (χ4n) is 1.98. The van der Waals surface area contributed by atoms with Gasteiger partial charge in [0.15, 0.2) is 0 Å². The monoisotopic (exact) mass is 254 g/mol. The summed E-state index contributed by atoms with van der Waals surface area (Å²) in [6.07, 6.45) is 0. The molecule has 2 rings (SSSR count). The van der Waals surface area contributed by atoms with Crippen LogP contribution in [0.5, 0.6) is 0 Å². The first-order valence-electron chi connectivity index (χ1n) is 5.70. The molecule has 0 radical (unpaired) electrons. The molecule has 0 fully saturated rings. The van der Waals surface area contributed by atoms with Gasteiger partial charge in [0.1, 0.15) is 0 Å². The maximum atomic E-state index is 12.1. The van der Waals surface area contributed by atoms with Crippen molar-refractivity contribution < 1.29 is 4.79 Å². The van der Waals surface area contributed by atoms with Gasteiger partial charge in [0.25, 0.3) is 0 Å². The van der Waals surface area contributed by atoms with E-state index in [9.17, 15) is 4.79 Å². The molecule has 1 aliphatic heterocycles. The SMILES string of the molecule is CC(C)C(N)C(=O)N1Cc2ccccc2C1.Cl. The van der Waals surface area contributed by atoms with E-state index in [4.69, 9.17) is 5.73 Å². The number of hydrogen-bond donors (Lipinski definition) is 1. The summed E-state index contributed by atoms with van der Waals surface area (Å²) in [7, 11) is 0. The Morgan fingerprint density at radius 3 is 2.12 bits per heavy atom. The molecule has 17 heavy (non-hydrogen) atoms. The highest BCUT2D eigenvalue weighted by Gasteiger charge is 2.28. The fourth-order valence-corrected chi connectivity index (χ4v) is 1.98. The van der Waals surface area contributed by atoms with Crippen molar-refractivity contribution in [3.8, 4) is 0 Å². The molecule has 1 heterocycles. The third kappa shape index (κ3) is 2.79. The lowest BCUT2D eigenvalue weighted by molar-refractivity contribution is -0.134. The Balaban J connectivity index is 0.00000144. The average molecular weight is 255 g/mol. The van der Waals surface area contributed by atoms with Crippen LogP contribution in [0.1, 0.15) is 25.0 Å². The molecule has 94 valence electrons. The van der Waals surface area contributed by atoms with Gasteiger partial charge >= 0.3 is 0 Å². The van der Waals surface area contributed by atoms with Crippen LogP contribution in [-0.2, 0) is 17.9 Å². The zero-order chi connectivity index (χ0) is 11.7. The molecule has 4 heteroatoms. The number of fused-ring (bicyclic) bond motifs is 1. The second-order valence-electron chi connectivity index (χ2n) is 4.73. The Hall–Kier alpha value is -1.06. The summed E-state index contributed by atoms with van der Waals surface area (Å²) in [5.41, 5.74) is 8.37. The van der Waals surface area contributed by atoms with Gasteiger partial charge in [-0.05, 0) is 17.0 Å². The number of hydrogen-bond acceptors (Lipinski definition) is 2. The molecule has 0 saturated heterocycles. The summed E-state index contributed by atoms with van der Waals surface area (Å²) in [4.78, 5) is 13.9. The van der Waals surface area contributed by atoms with Crippen molar-refractivity contribution in [1.82, 2.24) is 4.90 Å². The van der Waals surface area contributed by atoms with Crippen LogP contribution in [0.25, 0.3) is 0 Å². The first kappa shape index (κ1) is 14.0. The Morgan fingerprint density at radius 2 is 1.71 bits per heavy atom. The van der Waals surface area contributed by atoms with Crippen molar-refractivity contribution in [1.29, 1.82) is 0 Å². The van der Waals surface area contributed by atoms with E-state index in [0.717, 1.165) is 0 Å². The molecule has 0 aliphatic carbocycles. The van der Waals surface area contributed by atoms with E-state index >= 15 is 0 Å². The van der Waals surface area contributed by atoms with Crippen molar-refractivity contribution >= 4 is 18.3 Å². The summed E-state index contributed by atoms with van der Waals surface area (Å²) >= 11 is 0. The standard InChI is InChI=1S/C13H18N2O.ClH/c1-9(2)12(14)13(16)15-7-10-5-3-4-6-11(10)8-15;/h3-6,9,12H,7-8,14H2,1-2H3;1H. The minimum atomic E-state index is -0.380. The Labute approximate surface area is 108 Å². The predicted octanol–water partition coefficient (Wildman–Crippen LogP) is 1.93. The van der Waals surface area contributed by atoms with Gasteiger partial charge in [0.2, 0.25) is 5.91 Å². The fraction of sp³-hybridized carbons (Fsp3) is 0.462. The van der Waals surface area contributed by atoms with Gasteiger partial charge in [-0.2, -0.15) is 0 Å². The molecule has 1 aliphatic rings. The third-order valence-corrected chi connectivity index (χ3v) is 3.16. The largest absolute Gasteiger partial charge is 0.333 e. The summed E-state index contributed by atoms with van der Waals surface area (Å²) in [5.74, 6) is 0.252. The summed E-state index contributed by atoms with van der Waals surface area (Å²) in [6.45, 7) is 5.36. The van der Waals surface area contributed by atoms with E-state index in [2.05, 4.69) is 12.1 Å². The molecule has 1 unspecified atom stereocenters. The number of nitrogens with two attached hydrogens (primary N) is 1. The van der Waals surface area contributed by atoms with E-state index in [-0.39, 0.29) is 30.3 Å². The topological polar surface area (TPSA) is 46.3 Å². The second kappa shape index (κ2) is 5.52. The normalized spacial score (nSPS) is 15.4. The van der Waals surface area contributed by atoms with Crippen molar-refractivity contribution in [3.63, 3.8) is 0 Å². The van der Waals surface area contributed by atoms with E-state index in [1.165, 1.54) is 11.1 Å². The second-order valence-corrected chi connectivity index (χ2v) is 4.73. The summed E-state index contributed by atoms with van der Waals surface area (Å²) in [5, 5.41) is 0. The number of amides is 1. The molecule has 3 nitrogen and oxygen atoms in total. The zero-order valence-electron chi connectivity index (χ0n) is 10.2. The molecule has 0 aromatic heterocycles. The van der Waals surface area contributed by atoms with Gasteiger partial charge in [-0.1, -0.05) is 38.1 Å². The molecular weight excluding hydrogens is 236 g/mol. The summed E-state index contributed by atoms with van der Waals surface area (Å²) < 4.78 is 0. The van der Waals surface area contributed by atoms with Crippen LogP contribution in [0.3, 0.4) is 0 Å². The van der Waals surface area contributed by atoms with Crippen LogP contribution < -0.4 is 5.73 Å². The highest BCUT2D eigenvalue weighted by molar-refractivity contribution is 5.85. The number of rotatable bonds is 2. The number of halogens is 1. The van der Waals surface area contributed by atoms with Crippen LogP contribution in [0.2, 0.25) is 0 Å². The molecule has 0 saturated carbocycles. The van der Waals surface area contributed by atoms with Crippen LogP contribution in [0, 0.1) is 5.92 Å². The van der Waals surface area contributed by atoms with Gasteiger partial charge in [-0.15, -0.1) is 12.4 Å². The van der Waals surface area contributed by atoms with E-state index in [1.807, 2.05) is 30.9 Å². The maximum absolute atomic E-state index is 12.1. The van der Waals surface area contributed by atoms with Gasteiger partial charge in [-0.25, -0.2) is 0 Å². The summed E-state index contributed by atoms with van der Waals surface area (Å²) in [6, 6.07) is 7.78. The number of carbonyl (C=O) groups is 1.